The number of hydrogen-bond acceptors (Lipinski definition) is 3. The van der Waals surface area contributed by atoms with Crippen molar-refractivity contribution in [1.82, 2.24) is 4.57 Å². The molecule has 0 aliphatic heterocycles. The van der Waals surface area contributed by atoms with Gasteiger partial charge in [0, 0.05) is 5.69 Å². The first-order valence-corrected chi connectivity index (χ1v) is 8.49. The summed E-state index contributed by atoms with van der Waals surface area (Å²) >= 11 is 1.30. The van der Waals surface area contributed by atoms with Crippen LogP contribution in [-0.2, 0) is 19.5 Å². The Morgan fingerprint density at radius 3 is 2.36 bits per heavy atom. The molecular formula is C18H20N2OS. The predicted octanol–water partition coefficient (Wildman–Crippen LogP) is 4.26. The van der Waals surface area contributed by atoms with Crippen molar-refractivity contribution < 1.29 is 0 Å². The van der Waals surface area contributed by atoms with E-state index in [1.165, 1.54) is 28.2 Å². The van der Waals surface area contributed by atoms with E-state index in [4.69, 9.17) is 0 Å². The monoisotopic (exact) mass is 312 g/mol. The van der Waals surface area contributed by atoms with Gasteiger partial charge in [0.1, 0.15) is 0 Å². The predicted molar refractivity (Wildman–Crippen MR) is 94.9 cm³/mol. The van der Waals surface area contributed by atoms with E-state index in [9.17, 15) is 4.79 Å². The van der Waals surface area contributed by atoms with Gasteiger partial charge in [-0.1, -0.05) is 55.5 Å². The number of thiazole rings is 1. The van der Waals surface area contributed by atoms with Crippen molar-refractivity contribution >= 4 is 27.2 Å². The molecule has 0 radical (unpaired) electrons. The SMILES string of the molecule is CCc1cccc(CC)c1NCn1c(=O)sc2ccccc21. The number of anilines is 1. The van der Waals surface area contributed by atoms with E-state index in [1.54, 1.807) is 0 Å². The highest BCUT2D eigenvalue weighted by molar-refractivity contribution is 7.16. The average molecular weight is 312 g/mol. The minimum Gasteiger partial charge on any atom is -0.367 e. The Morgan fingerprint density at radius 2 is 1.68 bits per heavy atom. The third kappa shape index (κ3) is 2.66. The molecule has 0 saturated carbocycles. The fourth-order valence-corrected chi connectivity index (χ4v) is 3.68. The van der Waals surface area contributed by atoms with Crippen LogP contribution in [0.5, 0.6) is 0 Å². The number of nitrogens with one attached hydrogen (secondary N) is 1. The number of rotatable bonds is 5. The summed E-state index contributed by atoms with van der Waals surface area (Å²) in [5.41, 5.74) is 4.77. The van der Waals surface area contributed by atoms with E-state index in [2.05, 4.69) is 37.4 Å². The summed E-state index contributed by atoms with van der Waals surface area (Å²) in [7, 11) is 0. The van der Waals surface area contributed by atoms with Crippen molar-refractivity contribution in [3.05, 3.63) is 63.3 Å². The Hall–Kier alpha value is -2.07. The Kier molecular flexibility index (Phi) is 4.29. The second kappa shape index (κ2) is 6.36. The molecule has 0 spiro atoms. The van der Waals surface area contributed by atoms with Crippen LogP contribution in [0.1, 0.15) is 25.0 Å². The van der Waals surface area contributed by atoms with Gasteiger partial charge < -0.3 is 5.32 Å². The molecule has 1 aromatic heterocycles. The first kappa shape index (κ1) is 14.9. The summed E-state index contributed by atoms with van der Waals surface area (Å²) in [6.45, 7) is 4.82. The normalized spacial score (nSPS) is 11.0. The van der Waals surface area contributed by atoms with Crippen LogP contribution in [0.4, 0.5) is 5.69 Å². The lowest BCUT2D eigenvalue weighted by Crippen LogP contribution is -2.19. The van der Waals surface area contributed by atoms with Crippen molar-refractivity contribution in [2.45, 2.75) is 33.4 Å². The zero-order chi connectivity index (χ0) is 15.5. The molecule has 0 atom stereocenters. The molecule has 0 amide bonds. The van der Waals surface area contributed by atoms with Gasteiger partial charge in [0.25, 0.3) is 0 Å². The molecule has 0 aliphatic carbocycles. The number of fused-ring (bicyclic) bond motifs is 1. The Balaban J connectivity index is 1.95. The zero-order valence-corrected chi connectivity index (χ0v) is 13.7. The smallest absolute Gasteiger partial charge is 0.309 e. The lowest BCUT2D eigenvalue weighted by molar-refractivity contribution is 0.787. The van der Waals surface area contributed by atoms with Crippen molar-refractivity contribution in [3.8, 4) is 0 Å². The minimum absolute atomic E-state index is 0.0840. The molecule has 1 heterocycles. The first-order valence-electron chi connectivity index (χ1n) is 7.67. The molecule has 2 aromatic carbocycles. The fraction of sp³-hybridized carbons (Fsp3) is 0.278. The highest BCUT2D eigenvalue weighted by Crippen LogP contribution is 2.23. The molecule has 0 aliphatic rings. The van der Waals surface area contributed by atoms with Gasteiger partial charge in [-0.05, 0) is 36.1 Å². The van der Waals surface area contributed by atoms with Crippen molar-refractivity contribution in [2.75, 3.05) is 5.32 Å². The summed E-state index contributed by atoms with van der Waals surface area (Å²) in [5.74, 6) is 0. The summed E-state index contributed by atoms with van der Waals surface area (Å²) in [6, 6.07) is 14.3. The Morgan fingerprint density at radius 1 is 1.00 bits per heavy atom. The molecule has 3 rings (SSSR count). The van der Waals surface area contributed by atoms with Crippen LogP contribution in [0.2, 0.25) is 0 Å². The fourth-order valence-electron chi connectivity index (χ4n) is 2.79. The summed E-state index contributed by atoms with van der Waals surface area (Å²) in [6.07, 6.45) is 1.96. The number of para-hydroxylation sites is 2. The molecular weight excluding hydrogens is 292 g/mol. The highest BCUT2D eigenvalue weighted by Gasteiger charge is 2.09. The number of hydrogen-bond donors (Lipinski definition) is 1. The molecule has 0 fully saturated rings. The van der Waals surface area contributed by atoms with Gasteiger partial charge in [0.05, 0.1) is 16.9 Å². The lowest BCUT2D eigenvalue weighted by Gasteiger charge is -2.16. The molecule has 4 heteroatoms. The molecule has 1 N–H and O–H groups in total. The summed E-state index contributed by atoms with van der Waals surface area (Å²) in [4.78, 5) is 12.3. The Bertz CT molecular complexity index is 825. The first-order chi connectivity index (χ1) is 10.7. The van der Waals surface area contributed by atoms with Gasteiger partial charge in [0.15, 0.2) is 0 Å². The average Bonchev–Trinajstić information content (AvgIpc) is 2.87. The van der Waals surface area contributed by atoms with Crippen molar-refractivity contribution in [2.24, 2.45) is 0 Å². The summed E-state index contributed by atoms with van der Waals surface area (Å²) in [5, 5.41) is 3.49. The largest absolute Gasteiger partial charge is 0.367 e. The second-order valence-corrected chi connectivity index (χ2v) is 6.25. The molecule has 114 valence electrons. The quantitative estimate of drug-likeness (QED) is 0.764. The van der Waals surface area contributed by atoms with Crippen LogP contribution in [0, 0.1) is 0 Å². The van der Waals surface area contributed by atoms with E-state index in [0.29, 0.717) is 6.67 Å². The minimum atomic E-state index is 0.0840. The van der Waals surface area contributed by atoms with Crippen molar-refractivity contribution in [1.29, 1.82) is 0 Å². The third-order valence-electron chi connectivity index (χ3n) is 3.99. The maximum atomic E-state index is 12.2. The molecule has 22 heavy (non-hydrogen) atoms. The molecule has 0 unspecified atom stereocenters. The van der Waals surface area contributed by atoms with Gasteiger partial charge in [-0.2, -0.15) is 0 Å². The Labute approximate surface area is 134 Å². The number of benzene rings is 2. The lowest BCUT2D eigenvalue weighted by atomic mass is 10.0. The standard InChI is InChI=1S/C18H20N2OS/c1-3-13-8-7-9-14(4-2)17(13)19-12-20-15-10-5-6-11-16(15)22-18(20)21/h5-11,19H,3-4,12H2,1-2H3. The van der Waals surface area contributed by atoms with Crippen LogP contribution in [0.3, 0.4) is 0 Å². The van der Waals surface area contributed by atoms with Crippen LogP contribution in [-0.4, -0.2) is 4.57 Å². The van der Waals surface area contributed by atoms with Crippen molar-refractivity contribution in [3.63, 3.8) is 0 Å². The van der Waals surface area contributed by atoms with Crippen LogP contribution < -0.4 is 10.2 Å². The van der Waals surface area contributed by atoms with Crippen LogP contribution in [0.25, 0.3) is 10.2 Å². The maximum Gasteiger partial charge on any atom is 0.309 e. The molecule has 3 nitrogen and oxygen atoms in total. The molecule has 3 aromatic rings. The maximum absolute atomic E-state index is 12.2. The van der Waals surface area contributed by atoms with E-state index in [-0.39, 0.29) is 4.87 Å². The van der Waals surface area contributed by atoms with E-state index in [1.807, 2.05) is 28.8 Å². The zero-order valence-electron chi connectivity index (χ0n) is 12.9. The van der Waals surface area contributed by atoms with Gasteiger partial charge in [-0.15, -0.1) is 0 Å². The number of aromatic nitrogens is 1. The molecule has 0 bridgehead atoms. The summed E-state index contributed by atoms with van der Waals surface area (Å²) < 4.78 is 2.85. The number of aryl methyl sites for hydroxylation is 2. The topological polar surface area (TPSA) is 34.0 Å². The van der Waals surface area contributed by atoms with Gasteiger partial charge in [-0.25, -0.2) is 0 Å². The number of nitrogens with zero attached hydrogens (tertiary/aromatic N) is 1. The van der Waals surface area contributed by atoms with Gasteiger partial charge >= 0.3 is 4.87 Å². The molecule has 0 saturated heterocycles. The van der Waals surface area contributed by atoms with E-state index < -0.39 is 0 Å². The van der Waals surface area contributed by atoms with Gasteiger partial charge in [0.2, 0.25) is 0 Å². The highest BCUT2D eigenvalue weighted by atomic mass is 32.1. The van der Waals surface area contributed by atoms with Crippen LogP contribution in [0.15, 0.2) is 47.3 Å². The second-order valence-electron chi connectivity index (χ2n) is 5.26. The van der Waals surface area contributed by atoms with E-state index >= 15 is 0 Å². The van der Waals surface area contributed by atoms with E-state index in [0.717, 1.165) is 23.1 Å². The van der Waals surface area contributed by atoms with Crippen LogP contribution >= 0.6 is 11.3 Å². The third-order valence-corrected chi connectivity index (χ3v) is 4.95. The van der Waals surface area contributed by atoms with Gasteiger partial charge in [-0.3, -0.25) is 9.36 Å².